The number of benzene rings is 1. The summed E-state index contributed by atoms with van der Waals surface area (Å²) in [6.45, 7) is 6.83. The van der Waals surface area contributed by atoms with Gasteiger partial charge in [-0.05, 0) is 56.2 Å². The maximum atomic E-state index is 3.65. The SMILES string of the molecule is CCNC1CCN(C2CCC(CC)CC2)c2ccccc21. The number of rotatable bonds is 4. The number of nitrogens with one attached hydrogen (secondary N) is 1. The molecular weight excluding hydrogens is 256 g/mol. The number of hydrogen-bond acceptors (Lipinski definition) is 2. The third kappa shape index (κ3) is 3.11. The van der Waals surface area contributed by atoms with E-state index in [1.165, 1.54) is 56.3 Å². The first kappa shape index (κ1) is 14.9. The molecule has 1 aliphatic heterocycles. The monoisotopic (exact) mass is 286 g/mol. The minimum atomic E-state index is 0.550. The van der Waals surface area contributed by atoms with E-state index >= 15 is 0 Å². The molecule has 2 aliphatic rings. The predicted octanol–water partition coefficient (Wildman–Crippen LogP) is 4.52. The number of anilines is 1. The van der Waals surface area contributed by atoms with Crippen LogP contribution in [0.25, 0.3) is 0 Å². The first-order valence-corrected chi connectivity index (χ1v) is 8.92. The molecule has 1 aromatic rings. The van der Waals surface area contributed by atoms with Gasteiger partial charge in [-0.1, -0.05) is 38.5 Å². The second-order valence-electron chi connectivity index (χ2n) is 6.73. The van der Waals surface area contributed by atoms with Gasteiger partial charge in [-0.2, -0.15) is 0 Å². The second-order valence-corrected chi connectivity index (χ2v) is 6.73. The quantitative estimate of drug-likeness (QED) is 0.875. The number of fused-ring (bicyclic) bond motifs is 1. The van der Waals surface area contributed by atoms with Gasteiger partial charge < -0.3 is 10.2 Å². The predicted molar refractivity (Wildman–Crippen MR) is 90.9 cm³/mol. The zero-order valence-corrected chi connectivity index (χ0v) is 13.6. The van der Waals surface area contributed by atoms with Gasteiger partial charge in [-0.25, -0.2) is 0 Å². The molecule has 0 amide bonds. The Morgan fingerprint density at radius 2 is 1.81 bits per heavy atom. The lowest BCUT2D eigenvalue weighted by atomic mass is 9.82. The molecule has 1 N–H and O–H groups in total. The van der Waals surface area contributed by atoms with Crippen LogP contribution in [-0.4, -0.2) is 19.1 Å². The van der Waals surface area contributed by atoms with Crippen molar-refractivity contribution in [3.05, 3.63) is 29.8 Å². The van der Waals surface area contributed by atoms with Crippen LogP contribution in [0, 0.1) is 5.92 Å². The lowest BCUT2D eigenvalue weighted by molar-refractivity contribution is 0.302. The molecule has 1 saturated carbocycles. The first-order valence-electron chi connectivity index (χ1n) is 8.92. The van der Waals surface area contributed by atoms with Crippen molar-refractivity contribution in [1.82, 2.24) is 5.32 Å². The summed E-state index contributed by atoms with van der Waals surface area (Å²) in [7, 11) is 0. The molecular formula is C19H30N2. The van der Waals surface area contributed by atoms with Crippen LogP contribution in [0.3, 0.4) is 0 Å². The number of hydrogen-bond donors (Lipinski definition) is 1. The molecule has 0 saturated heterocycles. The fraction of sp³-hybridized carbons (Fsp3) is 0.684. The maximum absolute atomic E-state index is 3.65. The van der Waals surface area contributed by atoms with Crippen LogP contribution in [-0.2, 0) is 0 Å². The molecule has 2 heteroatoms. The van der Waals surface area contributed by atoms with E-state index in [1.807, 2.05) is 0 Å². The Balaban J connectivity index is 1.77. The van der Waals surface area contributed by atoms with Crippen LogP contribution in [0.5, 0.6) is 0 Å². The van der Waals surface area contributed by atoms with E-state index in [0.29, 0.717) is 6.04 Å². The van der Waals surface area contributed by atoms with E-state index in [1.54, 1.807) is 0 Å². The summed E-state index contributed by atoms with van der Waals surface area (Å²) in [6.07, 6.45) is 8.24. The Kier molecular flexibility index (Phi) is 4.84. The summed E-state index contributed by atoms with van der Waals surface area (Å²) < 4.78 is 0. The summed E-state index contributed by atoms with van der Waals surface area (Å²) in [5, 5.41) is 3.65. The van der Waals surface area contributed by atoms with E-state index < -0.39 is 0 Å². The molecule has 0 bridgehead atoms. The maximum Gasteiger partial charge on any atom is 0.0417 e. The van der Waals surface area contributed by atoms with Crippen molar-refractivity contribution in [3.8, 4) is 0 Å². The molecule has 3 rings (SSSR count). The molecule has 1 fully saturated rings. The average Bonchev–Trinajstić information content (AvgIpc) is 2.56. The largest absolute Gasteiger partial charge is 0.368 e. The highest BCUT2D eigenvalue weighted by Crippen LogP contribution is 2.38. The average molecular weight is 286 g/mol. The van der Waals surface area contributed by atoms with Crippen molar-refractivity contribution < 1.29 is 0 Å². The van der Waals surface area contributed by atoms with Crippen LogP contribution in [0.15, 0.2) is 24.3 Å². The van der Waals surface area contributed by atoms with Crippen LogP contribution in [0.2, 0.25) is 0 Å². The highest BCUT2D eigenvalue weighted by atomic mass is 15.2. The molecule has 1 heterocycles. The molecule has 2 nitrogen and oxygen atoms in total. The Labute approximate surface area is 129 Å². The van der Waals surface area contributed by atoms with Gasteiger partial charge in [0.1, 0.15) is 0 Å². The summed E-state index contributed by atoms with van der Waals surface area (Å²) >= 11 is 0. The molecule has 1 aliphatic carbocycles. The standard InChI is InChI=1S/C19H30N2/c1-3-15-9-11-16(12-10-15)21-14-13-18(20-4-2)17-7-5-6-8-19(17)21/h5-8,15-16,18,20H,3-4,9-14H2,1-2H3. The summed E-state index contributed by atoms with van der Waals surface area (Å²) in [5.41, 5.74) is 3.01. The molecule has 1 atom stereocenters. The molecule has 0 spiro atoms. The molecule has 0 aromatic heterocycles. The minimum Gasteiger partial charge on any atom is -0.368 e. The minimum absolute atomic E-state index is 0.550. The van der Waals surface area contributed by atoms with E-state index in [4.69, 9.17) is 0 Å². The highest BCUT2D eigenvalue weighted by Gasteiger charge is 2.31. The van der Waals surface area contributed by atoms with Gasteiger partial charge in [0.15, 0.2) is 0 Å². The fourth-order valence-corrected chi connectivity index (χ4v) is 4.29. The number of para-hydroxylation sites is 1. The van der Waals surface area contributed by atoms with Gasteiger partial charge >= 0.3 is 0 Å². The molecule has 0 radical (unpaired) electrons. The summed E-state index contributed by atoms with van der Waals surface area (Å²) in [5.74, 6) is 0.982. The van der Waals surface area contributed by atoms with Gasteiger partial charge in [0.2, 0.25) is 0 Å². The third-order valence-electron chi connectivity index (χ3n) is 5.57. The fourth-order valence-electron chi connectivity index (χ4n) is 4.29. The van der Waals surface area contributed by atoms with Crippen LogP contribution >= 0.6 is 0 Å². The van der Waals surface area contributed by atoms with Gasteiger partial charge in [0.25, 0.3) is 0 Å². The van der Waals surface area contributed by atoms with Crippen molar-refractivity contribution in [2.45, 2.75) is 64.5 Å². The van der Waals surface area contributed by atoms with Gasteiger partial charge in [0, 0.05) is 24.3 Å². The summed E-state index contributed by atoms with van der Waals surface area (Å²) in [4.78, 5) is 2.72. The zero-order valence-electron chi connectivity index (χ0n) is 13.6. The normalized spacial score (nSPS) is 29.2. The van der Waals surface area contributed by atoms with Crippen molar-refractivity contribution in [2.24, 2.45) is 5.92 Å². The second kappa shape index (κ2) is 6.83. The Morgan fingerprint density at radius 1 is 1.05 bits per heavy atom. The van der Waals surface area contributed by atoms with E-state index in [2.05, 4.69) is 48.3 Å². The lowest BCUT2D eigenvalue weighted by Gasteiger charge is -2.43. The number of nitrogens with zero attached hydrogens (tertiary/aromatic N) is 1. The van der Waals surface area contributed by atoms with Crippen molar-refractivity contribution in [2.75, 3.05) is 18.0 Å². The lowest BCUT2D eigenvalue weighted by Crippen LogP contribution is -2.43. The first-order chi connectivity index (χ1) is 10.3. The van der Waals surface area contributed by atoms with Crippen LogP contribution in [0.1, 0.15) is 64.0 Å². The van der Waals surface area contributed by atoms with Crippen LogP contribution in [0.4, 0.5) is 5.69 Å². The Hall–Kier alpha value is -1.02. The molecule has 116 valence electrons. The van der Waals surface area contributed by atoms with Gasteiger partial charge in [-0.15, -0.1) is 0 Å². The Bertz CT molecular complexity index is 449. The summed E-state index contributed by atoms with van der Waals surface area (Å²) in [6, 6.07) is 10.4. The van der Waals surface area contributed by atoms with Crippen molar-refractivity contribution in [3.63, 3.8) is 0 Å². The third-order valence-corrected chi connectivity index (χ3v) is 5.57. The van der Waals surface area contributed by atoms with Gasteiger partial charge in [-0.3, -0.25) is 0 Å². The van der Waals surface area contributed by atoms with E-state index in [9.17, 15) is 0 Å². The van der Waals surface area contributed by atoms with E-state index in [0.717, 1.165) is 18.5 Å². The molecule has 1 aromatic carbocycles. The zero-order chi connectivity index (χ0) is 14.7. The van der Waals surface area contributed by atoms with Crippen molar-refractivity contribution in [1.29, 1.82) is 0 Å². The van der Waals surface area contributed by atoms with Crippen molar-refractivity contribution >= 4 is 5.69 Å². The molecule has 21 heavy (non-hydrogen) atoms. The molecule has 1 unspecified atom stereocenters. The smallest absolute Gasteiger partial charge is 0.0417 e. The highest BCUT2D eigenvalue weighted by molar-refractivity contribution is 5.57. The Morgan fingerprint density at radius 3 is 2.52 bits per heavy atom. The van der Waals surface area contributed by atoms with Crippen LogP contribution < -0.4 is 10.2 Å². The van der Waals surface area contributed by atoms with E-state index in [-0.39, 0.29) is 0 Å². The van der Waals surface area contributed by atoms with Gasteiger partial charge in [0.05, 0.1) is 0 Å². The topological polar surface area (TPSA) is 15.3 Å².